The normalized spacial score (nSPS) is 17.6. The van der Waals surface area contributed by atoms with Gasteiger partial charge < -0.3 is 20.7 Å². The molecule has 0 atom stereocenters. The number of hydrogen-bond donors (Lipinski definition) is 3. The molecule has 1 aliphatic carbocycles. The van der Waals surface area contributed by atoms with Crippen molar-refractivity contribution < 1.29 is 23.1 Å². The second-order valence-corrected chi connectivity index (χ2v) is 8.92. The zero-order valence-electron chi connectivity index (χ0n) is 18.2. The number of aromatic nitrogens is 1. The maximum atomic E-state index is 13.6. The smallest absolute Gasteiger partial charge is 0.319 e. The number of benzene rings is 2. The number of hydrogen-bond acceptors (Lipinski definition) is 5. The van der Waals surface area contributed by atoms with Gasteiger partial charge in [-0.25, -0.2) is 18.6 Å². The first kappa shape index (κ1) is 23.6. The van der Waals surface area contributed by atoms with Crippen molar-refractivity contribution in [2.24, 2.45) is 0 Å². The van der Waals surface area contributed by atoms with Gasteiger partial charge in [0.25, 0.3) is 5.91 Å². The van der Waals surface area contributed by atoms with E-state index in [0.717, 1.165) is 0 Å². The van der Waals surface area contributed by atoms with Crippen molar-refractivity contribution in [3.63, 3.8) is 0 Å². The largest absolute Gasteiger partial charge is 0.483 e. The van der Waals surface area contributed by atoms with Gasteiger partial charge in [-0.15, -0.1) is 11.3 Å². The van der Waals surface area contributed by atoms with E-state index in [1.807, 2.05) is 0 Å². The van der Waals surface area contributed by atoms with Crippen LogP contribution in [-0.2, 0) is 6.61 Å². The van der Waals surface area contributed by atoms with E-state index in [1.54, 1.807) is 23.6 Å². The lowest BCUT2D eigenvalue weighted by atomic mass is 9.91. The minimum atomic E-state index is -0.450. The predicted octanol–water partition coefficient (Wildman–Crippen LogP) is 4.86. The van der Waals surface area contributed by atoms with Crippen LogP contribution in [0, 0.1) is 11.6 Å². The Labute approximate surface area is 199 Å². The summed E-state index contributed by atoms with van der Waals surface area (Å²) >= 11 is 1.28. The summed E-state index contributed by atoms with van der Waals surface area (Å²) in [4.78, 5) is 29.0. The van der Waals surface area contributed by atoms with Gasteiger partial charge in [-0.2, -0.15) is 0 Å². The van der Waals surface area contributed by atoms with Crippen LogP contribution in [0.1, 0.15) is 41.2 Å². The molecule has 0 spiro atoms. The first-order chi connectivity index (χ1) is 16.5. The second kappa shape index (κ2) is 11.1. The molecule has 0 saturated heterocycles. The lowest BCUT2D eigenvalue weighted by molar-refractivity contribution is 0.0919. The van der Waals surface area contributed by atoms with Gasteiger partial charge >= 0.3 is 6.03 Å². The maximum absolute atomic E-state index is 13.6. The molecule has 34 heavy (non-hydrogen) atoms. The fourth-order valence-corrected chi connectivity index (χ4v) is 4.43. The molecule has 178 valence electrons. The third-order valence-electron chi connectivity index (χ3n) is 5.45. The summed E-state index contributed by atoms with van der Waals surface area (Å²) in [6, 6.07) is 11.4. The van der Waals surface area contributed by atoms with Crippen LogP contribution in [0.2, 0.25) is 0 Å². The molecule has 3 aromatic rings. The molecular weight excluding hydrogens is 462 g/mol. The van der Waals surface area contributed by atoms with Gasteiger partial charge in [0.1, 0.15) is 23.1 Å². The number of nitrogens with one attached hydrogen (secondary N) is 3. The van der Waals surface area contributed by atoms with Crippen LogP contribution in [0.15, 0.2) is 53.9 Å². The molecule has 10 heteroatoms. The Morgan fingerprint density at radius 3 is 2.47 bits per heavy atom. The van der Waals surface area contributed by atoms with Gasteiger partial charge in [-0.05, 0) is 56.0 Å². The molecule has 7 nitrogen and oxygen atoms in total. The standard InChI is InChI=1S/C24H24F2N4O3S/c25-15-4-3-5-18(12-15)29-24(32)28-17-10-8-16(9-11-17)27-23(31)20-14-34-22(30-20)13-33-21-7-2-1-6-19(21)26/h1-7,12,14,16-17H,8-11,13H2,(H,27,31)(H2,28,29,32). The third-order valence-corrected chi connectivity index (χ3v) is 6.27. The van der Waals surface area contributed by atoms with E-state index in [1.165, 1.54) is 41.7 Å². The van der Waals surface area contributed by atoms with E-state index in [4.69, 9.17) is 4.74 Å². The average Bonchev–Trinajstić information content (AvgIpc) is 3.29. The summed E-state index contributed by atoms with van der Waals surface area (Å²) in [5, 5.41) is 10.7. The topological polar surface area (TPSA) is 92.4 Å². The molecule has 1 saturated carbocycles. The van der Waals surface area contributed by atoms with Crippen LogP contribution >= 0.6 is 11.3 Å². The first-order valence-electron chi connectivity index (χ1n) is 10.9. The quantitative estimate of drug-likeness (QED) is 0.445. The monoisotopic (exact) mass is 486 g/mol. The van der Waals surface area contributed by atoms with Crippen LogP contribution < -0.4 is 20.7 Å². The lowest BCUT2D eigenvalue weighted by Gasteiger charge is -2.29. The van der Waals surface area contributed by atoms with E-state index in [0.29, 0.717) is 42.1 Å². The Balaban J connectivity index is 1.19. The Morgan fingerprint density at radius 2 is 1.74 bits per heavy atom. The molecule has 1 aromatic heterocycles. The molecule has 4 rings (SSSR count). The number of carbonyl (C=O) groups excluding carboxylic acids is 2. The summed E-state index contributed by atoms with van der Waals surface area (Å²) in [6.45, 7) is 0.0767. The average molecular weight is 487 g/mol. The fourth-order valence-electron chi connectivity index (χ4n) is 3.74. The first-order valence-corrected chi connectivity index (χ1v) is 11.8. The van der Waals surface area contributed by atoms with Crippen LogP contribution in [-0.4, -0.2) is 29.0 Å². The van der Waals surface area contributed by atoms with Crippen molar-refractivity contribution >= 4 is 29.0 Å². The van der Waals surface area contributed by atoms with E-state index < -0.39 is 11.6 Å². The van der Waals surface area contributed by atoms with Gasteiger partial charge in [0.15, 0.2) is 11.6 Å². The molecule has 0 radical (unpaired) electrons. The highest BCUT2D eigenvalue weighted by Gasteiger charge is 2.24. The van der Waals surface area contributed by atoms with E-state index >= 15 is 0 Å². The van der Waals surface area contributed by atoms with Gasteiger partial charge in [0, 0.05) is 23.2 Å². The summed E-state index contributed by atoms with van der Waals surface area (Å²) in [7, 11) is 0. The minimum Gasteiger partial charge on any atom is -0.483 e. The van der Waals surface area contributed by atoms with Crippen LogP contribution in [0.25, 0.3) is 0 Å². The van der Waals surface area contributed by atoms with Crippen molar-refractivity contribution in [3.05, 3.63) is 76.2 Å². The lowest BCUT2D eigenvalue weighted by Crippen LogP contribution is -2.45. The van der Waals surface area contributed by atoms with Crippen molar-refractivity contribution in [2.75, 3.05) is 5.32 Å². The minimum absolute atomic E-state index is 0.0170. The molecular formula is C24H24F2N4O3S. The van der Waals surface area contributed by atoms with Gasteiger partial charge in [-0.1, -0.05) is 18.2 Å². The van der Waals surface area contributed by atoms with Crippen molar-refractivity contribution in [2.45, 2.75) is 44.4 Å². The van der Waals surface area contributed by atoms with E-state index in [2.05, 4.69) is 20.9 Å². The van der Waals surface area contributed by atoms with Crippen LogP contribution in [0.5, 0.6) is 5.75 Å². The van der Waals surface area contributed by atoms with Crippen molar-refractivity contribution in [1.29, 1.82) is 0 Å². The molecule has 0 aliphatic heterocycles. The Bertz CT molecular complexity index is 1150. The summed E-state index contributed by atoms with van der Waals surface area (Å²) in [6.07, 6.45) is 2.84. The predicted molar refractivity (Wildman–Crippen MR) is 125 cm³/mol. The van der Waals surface area contributed by atoms with Gasteiger partial charge in [-0.3, -0.25) is 4.79 Å². The van der Waals surface area contributed by atoms with E-state index in [9.17, 15) is 18.4 Å². The highest BCUT2D eigenvalue weighted by atomic mass is 32.1. The van der Waals surface area contributed by atoms with Crippen molar-refractivity contribution in [1.82, 2.24) is 15.6 Å². The molecule has 0 unspecified atom stereocenters. The Hall–Kier alpha value is -3.53. The number of nitrogens with zero attached hydrogens (tertiary/aromatic N) is 1. The number of carbonyl (C=O) groups is 2. The maximum Gasteiger partial charge on any atom is 0.319 e. The van der Waals surface area contributed by atoms with Crippen molar-refractivity contribution in [3.8, 4) is 5.75 Å². The van der Waals surface area contributed by atoms with Crippen LogP contribution in [0.3, 0.4) is 0 Å². The number of para-hydroxylation sites is 1. The van der Waals surface area contributed by atoms with Gasteiger partial charge in [0.2, 0.25) is 0 Å². The number of amides is 3. The van der Waals surface area contributed by atoms with E-state index in [-0.39, 0.29) is 36.4 Å². The number of ether oxygens (including phenoxy) is 1. The van der Waals surface area contributed by atoms with Gasteiger partial charge in [0.05, 0.1) is 0 Å². The summed E-state index contributed by atoms with van der Waals surface area (Å²) in [5.41, 5.74) is 0.687. The SMILES string of the molecule is O=C(Nc1cccc(F)c1)NC1CCC(NC(=O)c2csc(COc3ccccc3F)n2)CC1. The number of halogens is 2. The number of anilines is 1. The summed E-state index contributed by atoms with van der Waals surface area (Å²) < 4.78 is 32.3. The third kappa shape index (κ3) is 6.50. The zero-order chi connectivity index (χ0) is 23.9. The second-order valence-electron chi connectivity index (χ2n) is 7.98. The highest BCUT2D eigenvalue weighted by Crippen LogP contribution is 2.21. The highest BCUT2D eigenvalue weighted by molar-refractivity contribution is 7.09. The number of thiazole rings is 1. The molecule has 1 aliphatic rings. The Kier molecular flexibility index (Phi) is 7.69. The zero-order valence-corrected chi connectivity index (χ0v) is 19.0. The molecule has 1 heterocycles. The molecule has 3 N–H and O–H groups in total. The summed E-state index contributed by atoms with van der Waals surface area (Å²) in [5.74, 6) is -1.00. The fraction of sp³-hybridized carbons (Fsp3) is 0.292. The number of rotatable bonds is 7. The Morgan fingerprint density at radius 1 is 1.00 bits per heavy atom. The molecule has 1 fully saturated rings. The number of urea groups is 1. The molecule has 0 bridgehead atoms. The molecule has 3 amide bonds. The van der Waals surface area contributed by atoms with Crippen LogP contribution in [0.4, 0.5) is 19.3 Å². The molecule has 2 aromatic carbocycles.